The van der Waals surface area contributed by atoms with E-state index in [9.17, 15) is 8.42 Å². The Kier molecular flexibility index (Phi) is 5.23. The highest BCUT2D eigenvalue weighted by Crippen LogP contribution is 2.38. The molecular formula is C24H21NO4S. The third-order valence-electron chi connectivity index (χ3n) is 5.28. The average molecular weight is 420 g/mol. The number of benzene rings is 3. The topological polar surface area (TPSA) is 57.0 Å². The second-order valence-corrected chi connectivity index (χ2v) is 9.64. The third kappa shape index (κ3) is 3.64. The number of aryl methyl sites for hydroxylation is 1. The minimum Gasteiger partial charge on any atom is -0.454 e. The van der Waals surface area contributed by atoms with Crippen LogP contribution in [-0.2, 0) is 22.7 Å². The number of ether oxygens (including phenoxy) is 2. The summed E-state index contributed by atoms with van der Waals surface area (Å²) in [4.78, 5) is 2.23. The van der Waals surface area contributed by atoms with E-state index in [2.05, 4.69) is 4.85 Å². The molecule has 0 saturated heterocycles. The Morgan fingerprint density at radius 2 is 1.57 bits per heavy atom. The molecular weight excluding hydrogens is 398 g/mol. The van der Waals surface area contributed by atoms with Crippen LogP contribution in [0.15, 0.2) is 77.7 Å². The average Bonchev–Trinajstić information content (AvgIpc) is 3.22. The molecule has 0 bridgehead atoms. The first kappa shape index (κ1) is 20.0. The lowest BCUT2D eigenvalue weighted by Gasteiger charge is -2.23. The molecule has 0 radical (unpaired) electrons. The van der Waals surface area contributed by atoms with Crippen molar-refractivity contribution in [3.63, 3.8) is 0 Å². The zero-order valence-corrected chi connectivity index (χ0v) is 17.4. The Morgan fingerprint density at radius 3 is 2.27 bits per heavy atom. The number of fused-ring (bicyclic) bond motifs is 1. The predicted octanol–water partition coefficient (Wildman–Crippen LogP) is 4.60. The number of nitrogens with zero attached hydrogens (tertiary/aromatic N) is 1. The monoisotopic (exact) mass is 419 g/mol. The van der Waals surface area contributed by atoms with Crippen LogP contribution in [0.2, 0.25) is 0 Å². The molecule has 0 aliphatic carbocycles. The van der Waals surface area contributed by atoms with Crippen molar-refractivity contribution in [3.8, 4) is 11.5 Å². The van der Waals surface area contributed by atoms with Gasteiger partial charge in [0.15, 0.2) is 11.5 Å². The van der Waals surface area contributed by atoms with Gasteiger partial charge in [0.2, 0.25) is 6.79 Å². The third-order valence-corrected chi connectivity index (χ3v) is 7.55. The smallest absolute Gasteiger partial charge is 0.341 e. The predicted molar refractivity (Wildman–Crippen MR) is 114 cm³/mol. The molecule has 3 aromatic rings. The normalized spacial score (nSPS) is 14.7. The summed E-state index contributed by atoms with van der Waals surface area (Å²) in [7, 11) is -3.97. The van der Waals surface area contributed by atoms with Crippen LogP contribution in [0.4, 0.5) is 0 Å². The second-order valence-electron chi connectivity index (χ2n) is 7.40. The van der Waals surface area contributed by atoms with Crippen LogP contribution >= 0.6 is 0 Å². The summed E-state index contributed by atoms with van der Waals surface area (Å²) < 4.78 is 38.3. The molecule has 3 aromatic carbocycles. The Bertz CT molecular complexity index is 1200. The molecule has 5 nitrogen and oxygen atoms in total. The molecule has 0 amide bonds. The molecule has 4 rings (SSSR count). The van der Waals surface area contributed by atoms with Gasteiger partial charge in [-0.25, -0.2) is 15.0 Å². The fraction of sp³-hybridized carbons (Fsp3) is 0.208. The van der Waals surface area contributed by atoms with Crippen molar-refractivity contribution < 1.29 is 17.9 Å². The summed E-state index contributed by atoms with van der Waals surface area (Å²) in [5.41, 5.74) is 2.47. The Hall–Kier alpha value is -3.30. The molecule has 0 spiro atoms. The van der Waals surface area contributed by atoms with Gasteiger partial charge in [0.25, 0.3) is 9.84 Å². The van der Waals surface area contributed by atoms with Gasteiger partial charge in [-0.1, -0.05) is 54.1 Å². The van der Waals surface area contributed by atoms with Crippen molar-refractivity contribution in [2.24, 2.45) is 0 Å². The lowest BCUT2D eigenvalue weighted by Crippen LogP contribution is -2.40. The Balaban J connectivity index is 1.81. The second kappa shape index (κ2) is 7.85. The van der Waals surface area contributed by atoms with Gasteiger partial charge in [0.05, 0.1) is 17.7 Å². The fourth-order valence-electron chi connectivity index (χ4n) is 3.61. The van der Waals surface area contributed by atoms with Crippen molar-refractivity contribution >= 4 is 9.84 Å². The summed E-state index contributed by atoms with van der Waals surface area (Å²) in [5, 5.41) is 0. The Labute approximate surface area is 176 Å². The van der Waals surface area contributed by atoms with Gasteiger partial charge in [0.1, 0.15) is 0 Å². The van der Waals surface area contributed by atoms with Gasteiger partial charge in [-0.2, -0.15) is 0 Å². The van der Waals surface area contributed by atoms with Crippen molar-refractivity contribution in [2.75, 3.05) is 6.79 Å². The van der Waals surface area contributed by atoms with E-state index < -0.39 is 14.7 Å². The molecule has 0 aromatic heterocycles. The largest absolute Gasteiger partial charge is 0.454 e. The summed E-state index contributed by atoms with van der Waals surface area (Å²) in [6.45, 7) is 10.0. The van der Waals surface area contributed by atoms with Crippen LogP contribution < -0.4 is 9.47 Å². The van der Waals surface area contributed by atoms with E-state index >= 15 is 0 Å². The quantitative estimate of drug-likeness (QED) is 0.548. The van der Waals surface area contributed by atoms with Crippen molar-refractivity contribution in [2.45, 2.75) is 29.5 Å². The molecule has 0 N–H and O–H groups in total. The van der Waals surface area contributed by atoms with Crippen molar-refractivity contribution in [3.05, 3.63) is 101 Å². The Morgan fingerprint density at radius 1 is 0.900 bits per heavy atom. The van der Waals surface area contributed by atoms with Gasteiger partial charge in [-0.15, -0.1) is 0 Å². The minimum absolute atomic E-state index is 0.0399. The highest BCUT2D eigenvalue weighted by molar-refractivity contribution is 7.93. The minimum atomic E-state index is -3.97. The SMILES string of the molecule is [C-]#[N+]C(Cc1ccccc1)(Cc1ccc2c(c1)OCO2)S(=O)(=O)c1ccc(C)cc1. The van der Waals surface area contributed by atoms with E-state index in [1.54, 1.807) is 42.5 Å². The van der Waals surface area contributed by atoms with Gasteiger partial charge in [0, 0.05) is 0 Å². The lowest BCUT2D eigenvalue weighted by atomic mass is 9.98. The summed E-state index contributed by atoms with van der Waals surface area (Å²) in [6.07, 6.45) is 0.125. The van der Waals surface area contributed by atoms with Crippen LogP contribution in [0.1, 0.15) is 16.7 Å². The van der Waals surface area contributed by atoms with Crippen LogP contribution in [0.5, 0.6) is 11.5 Å². The highest BCUT2D eigenvalue weighted by Gasteiger charge is 2.52. The summed E-state index contributed by atoms with van der Waals surface area (Å²) in [5.74, 6) is 1.19. The fourth-order valence-corrected chi connectivity index (χ4v) is 5.38. The van der Waals surface area contributed by atoms with Crippen LogP contribution in [0.3, 0.4) is 0 Å². The van der Waals surface area contributed by atoms with E-state index in [-0.39, 0.29) is 24.5 Å². The number of hydrogen-bond acceptors (Lipinski definition) is 4. The van der Waals surface area contributed by atoms with Crippen LogP contribution in [0, 0.1) is 13.5 Å². The number of sulfone groups is 1. The molecule has 1 heterocycles. The van der Waals surface area contributed by atoms with E-state index in [0.29, 0.717) is 17.1 Å². The maximum atomic E-state index is 13.8. The molecule has 30 heavy (non-hydrogen) atoms. The first-order valence-electron chi connectivity index (χ1n) is 9.56. The zero-order valence-electron chi connectivity index (χ0n) is 16.5. The van der Waals surface area contributed by atoms with Gasteiger partial charge >= 0.3 is 4.87 Å². The standard InChI is InChI=1S/C24H21NO4S/c1-18-8-11-21(12-9-18)30(26,27)24(25-2,15-19-6-4-3-5-7-19)16-20-10-13-22-23(14-20)29-17-28-22/h3-14H,15-17H2,1H3. The van der Waals surface area contributed by atoms with Crippen molar-refractivity contribution in [1.29, 1.82) is 0 Å². The van der Waals surface area contributed by atoms with Gasteiger partial charge in [-0.05, 0) is 42.3 Å². The zero-order chi connectivity index (χ0) is 21.2. The molecule has 1 unspecified atom stereocenters. The molecule has 1 aliphatic heterocycles. The molecule has 0 fully saturated rings. The summed E-state index contributed by atoms with van der Waals surface area (Å²) in [6, 6.07) is 21.3. The molecule has 152 valence electrons. The molecule has 1 atom stereocenters. The van der Waals surface area contributed by atoms with Crippen molar-refractivity contribution in [1.82, 2.24) is 0 Å². The lowest BCUT2D eigenvalue weighted by molar-refractivity contribution is 0.174. The molecule has 1 aliphatic rings. The van der Waals surface area contributed by atoms with Crippen LogP contribution in [-0.4, -0.2) is 20.1 Å². The van der Waals surface area contributed by atoms with E-state index in [0.717, 1.165) is 11.1 Å². The highest BCUT2D eigenvalue weighted by atomic mass is 32.2. The van der Waals surface area contributed by atoms with Gasteiger partial charge in [-0.3, -0.25) is 4.85 Å². The molecule has 6 heteroatoms. The van der Waals surface area contributed by atoms with E-state index in [1.807, 2.05) is 37.3 Å². The van der Waals surface area contributed by atoms with Gasteiger partial charge < -0.3 is 9.47 Å². The maximum absolute atomic E-state index is 13.8. The first-order valence-corrected chi connectivity index (χ1v) is 11.0. The molecule has 0 saturated carbocycles. The summed E-state index contributed by atoms with van der Waals surface area (Å²) >= 11 is 0. The number of rotatable bonds is 6. The van der Waals surface area contributed by atoms with E-state index in [4.69, 9.17) is 16.0 Å². The van der Waals surface area contributed by atoms with E-state index in [1.165, 1.54) is 0 Å². The maximum Gasteiger partial charge on any atom is 0.341 e. The number of hydrogen-bond donors (Lipinski definition) is 0. The first-order chi connectivity index (χ1) is 14.4. The van der Waals surface area contributed by atoms with Crippen LogP contribution in [0.25, 0.3) is 4.85 Å².